The molecule has 172 valence electrons. The highest BCUT2D eigenvalue weighted by Crippen LogP contribution is 2.27. The van der Waals surface area contributed by atoms with Crippen molar-refractivity contribution in [1.82, 2.24) is 10.6 Å². The van der Waals surface area contributed by atoms with E-state index in [0.29, 0.717) is 40.1 Å². The van der Waals surface area contributed by atoms with E-state index in [-0.39, 0.29) is 5.70 Å². The first-order chi connectivity index (χ1) is 16.0. The van der Waals surface area contributed by atoms with Crippen LogP contribution < -0.4 is 20.1 Å². The zero-order valence-electron chi connectivity index (χ0n) is 18.1. The molecule has 0 spiro atoms. The number of halogens is 1. The molecule has 0 bridgehead atoms. The van der Waals surface area contributed by atoms with Crippen LogP contribution in [0.4, 0.5) is 0 Å². The summed E-state index contributed by atoms with van der Waals surface area (Å²) in [5, 5.41) is 6.15. The van der Waals surface area contributed by atoms with Crippen LogP contribution in [0.5, 0.6) is 11.5 Å². The van der Waals surface area contributed by atoms with Gasteiger partial charge in [0.2, 0.25) is 0 Å². The van der Waals surface area contributed by atoms with Gasteiger partial charge in [-0.2, -0.15) is 0 Å². The zero-order chi connectivity index (χ0) is 23.6. The third kappa shape index (κ3) is 7.06. The van der Waals surface area contributed by atoms with Gasteiger partial charge in [0.05, 0.1) is 20.5 Å². The highest BCUT2D eigenvalue weighted by Gasteiger charge is 2.17. The van der Waals surface area contributed by atoms with Gasteiger partial charge in [-0.25, -0.2) is 0 Å². The van der Waals surface area contributed by atoms with Gasteiger partial charge in [-0.05, 0) is 54.6 Å². The van der Waals surface area contributed by atoms with Crippen molar-refractivity contribution < 1.29 is 23.5 Å². The minimum Gasteiger partial charge on any atom is -0.493 e. The average Bonchev–Trinajstić information content (AvgIpc) is 3.35. The van der Waals surface area contributed by atoms with Crippen molar-refractivity contribution in [3.8, 4) is 11.5 Å². The molecule has 0 aliphatic carbocycles. The third-order valence-corrected chi connectivity index (χ3v) is 5.70. The van der Waals surface area contributed by atoms with Gasteiger partial charge < -0.3 is 24.5 Å². The fraction of sp³-hybridized carbons (Fsp3) is 0.167. The number of thioether (sulfide) groups is 1. The van der Waals surface area contributed by atoms with Gasteiger partial charge in [-0.3, -0.25) is 9.59 Å². The van der Waals surface area contributed by atoms with E-state index in [1.165, 1.54) is 26.6 Å². The predicted octanol–water partition coefficient (Wildman–Crippen LogP) is 4.63. The van der Waals surface area contributed by atoms with Gasteiger partial charge in [0.15, 0.2) is 11.5 Å². The summed E-state index contributed by atoms with van der Waals surface area (Å²) in [6, 6.07) is 15.6. The molecule has 3 rings (SSSR count). The average molecular weight is 487 g/mol. The molecular formula is C24H23ClN2O5S. The Morgan fingerprint density at radius 1 is 1.06 bits per heavy atom. The summed E-state index contributed by atoms with van der Waals surface area (Å²) in [5.41, 5.74) is 0.366. The minimum absolute atomic E-state index is 0.0567. The number of carbonyl (C=O) groups is 2. The Bertz CT molecular complexity index is 1110. The lowest BCUT2D eigenvalue weighted by molar-refractivity contribution is -0.117. The number of carbonyl (C=O) groups excluding carboxylic acids is 2. The Kier molecular flexibility index (Phi) is 8.86. The van der Waals surface area contributed by atoms with E-state index in [1.54, 1.807) is 42.1 Å². The molecular weight excluding hydrogens is 464 g/mol. The number of amides is 2. The summed E-state index contributed by atoms with van der Waals surface area (Å²) in [4.78, 5) is 26.7. The molecule has 9 heteroatoms. The Labute approximate surface area is 201 Å². The Morgan fingerprint density at radius 2 is 1.82 bits per heavy atom. The largest absolute Gasteiger partial charge is 0.493 e. The Hall–Kier alpha value is -3.36. The lowest BCUT2D eigenvalue weighted by Crippen LogP contribution is -2.35. The quantitative estimate of drug-likeness (QED) is 0.247. The molecule has 33 heavy (non-hydrogen) atoms. The number of furan rings is 1. The molecule has 0 aliphatic heterocycles. The molecule has 0 unspecified atom stereocenters. The zero-order valence-corrected chi connectivity index (χ0v) is 19.7. The van der Waals surface area contributed by atoms with Crippen molar-refractivity contribution in [3.63, 3.8) is 0 Å². The first kappa shape index (κ1) is 24.3. The highest BCUT2D eigenvalue weighted by molar-refractivity contribution is 7.99. The molecule has 0 saturated carbocycles. The second-order valence-corrected chi connectivity index (χ2v) is 8.26. The molecule has 0 atom stereocenters. The highest BCUT2D eigenvalue weighted by atomic mass is 35.5. The molecule has 0 fully saturated rings. The van der Waals surface area contributed by atoms with Crippen molar-refractivity contribution in [2.24, 2.45) is 0 Å². The summed E-state index contributed by atoms with van der Waals surface area (Å²) in [6.07, 6.45) is 2.96. The lowest BCUT2D eigenvalue weighted by atomic mass is 10.1. The summed E-state index contributed by atoms with van der Waals surface area (Å²) in [7, 11) is 2.99. The Morgan fingerprint density at radius 3 is 2.48 bits per heavy atom. The topological polar surface area (TPSA) is 89.8 Å². The van der Waals surface area contributed by atoms with Gasteiger partial charge >= 0.3 is 0 Å². The molecule has 7 nitrogen and oxygen atoms in total. The van der Waals surface area contributed by atoms with Crippen LogP contribution in [0.25, 0.3) is 6.08 Å². The third-order valence-electron chi connectivity index (χ3n) is 4.44. The van der Waals surface area contributed by atoms with E-state index in [1.807, 2.05) is 24.3 Å². The van der Waals surface area contributed by atoms with Gasteiger partial charge in [-0.15, -0.1) is 11.8 Å². The molecule has 0 radical (unpaired) electrons. The maximum absolute atomic E-state index is 12.8. The fourth-order valence-corrected chi connectivity index (χ4v) is 3.70. The lowest BCUT2D eigenvalue weighted by Gasteiger charge is -2.12. The van der Waals surface area contributed by atoms with Crippen LogP contribution in [0.1, 0.15) is 16.1 Å². The van der Waals surface area contributed by atoms with Gasteiger partial charge in [0.25, 0.3) is 11.8 Å². The molecule has 1 heterocycles. The smallest absolute Gasteiger partial charge is 0.267 e. The standard InChI is InChI=1S/C24H23ClN2O5S/c1-30-21-10-5-16(14-22(21)31-2)23(28)27-20(15-18-4-3-12-32-18)24(29)26-11-13-33-19-8-6-17(25)7-9-19/h3-10,12,14-15H,11,13H2,1-2H3,(H,26,29)(H,27,28)/b20-15-. The van der Waals surface area contributed by atoms with Crippen molar-refractivity contribution in [3.05, 3.63) is 82.9 Å². The van der Waals surface area contributed by atoms with E-state index in [0.717, 1.165) is 4.90 Å². The molecule has 0 saturated heterocycles. The van der Waals surface area contributed by atoms with Crippen molar-refractivity contribution in [1.29, 1.82) is 0 Å². The normalized spacial score (nSPS) is 11.1. The number of hydrogen-bond acceptors (Lipinski definition) is 6. The second-order valence-electron chi connectivity index (χ2n) is 6.66. The van der Waals surface area contributed by atoms with Crippen molar-refractivity contribution in [2.45, 2.75) is 4.90 Å². The van der Waals surface area contributed by atoms with E-state index in [2.05, 4.69) is 10.6 Å². The fourth-order valence-electron chi connectivity index (χ4n) is 2.81. The van der Waals surface area contributed by atoms with Crippen LogP contribution >= 0.6 is 23.4 Å². The number of ether oxygens (including phenoxy) is 2. The van der Waals surface area contributed by atoms with Crippen LogP contribution in [0.15, 0.2) is 75.9 Å². The number of benzene rings is 2. The molecule has 3 aromatic rings. The summed E-state index contributed by atoms with van der Waals surface area (Å²) in [6.45, 7) is 0.397. The van der Waals surface area contributed by atoms with Crippen LogP contribution in [0, 0.1) is 0 Å². The minimum atomic E-state index is -0.473. The first-order valence-electron chi connectivity index (χ1n) is 9.95. The number of nitrogens with one attached hydrogen (secondary N) is 2. The summed E-state index contributed by atoms with van der Waals surface area (Å²) < 4.78 is 15.8. The van der Waals surface area contributed by atoms with Gasteiger partial charge in [0, 0.05) is 33.9 Å². The maximum Gasteiger partial charge on any atom is 0.267 e. The van der Waals surface area contributed by atoms with Crippen LogP contribution in [0.2, 0.25) is 5.02 Å². The monoisotopic (exact) mass is 486 g/mol. The van der Waals surface area contributed by atoms with E-state index in [9.17, 15) is 9.59 Å². The number of hydrogen-bond donors (Lipinski definition) is 2. The van der Waals surface area contributed by atoms with Crippen molar-refractivity contribution >= 4 is 41.3 Å². The summed E-state index contributed by atoms with van der Waals surface area (Å²) in [5.74, 6) is 1.08. The predicted molar refractivity (Wildman–Crippen MR) is 129 cm³/mol. The number of methoxy groups -OCH3 is 2. The molecule has 2 aromatic carbocycles. The SMILES string of the molecule is COc1ccc(C(=O)N/C(=C\c2ccco2)C(=O)NCCSc2ccc(Cl)cc2)cc1OC. The number of rotatable bonds is 10. The van der Waals surface area contributed by atoms with Gasteiger partial charge in [0.1, 0.15) is 11.5 Å². The van der Waals surface area contributed by atoms with E-state index < -0.39 is 11.8 Å². The van der Waals surface area contributed by atoms with Gasteiger partial charge in [-0.1, -0.05) is 11.6 Å². The van der Waals surface area contributed by atoms with Crippen LogP contribution in [-0.4, -0.2) is 38.3 Å². The second kappa shape index (κ2) is 12.0. The van der Waals surface area contributed by atoms with Crippen molar-refractivity contribution in [2.75, 3.05) is 26.5 Å². The maximum atomic E-state index is 12.8. The van der Waals surface area contributed by atoms with E-state index in [4.69, 9.17) is 25.5 Å². The molecule has 2 amide bonds. The molecule has 2 N–H and O–H groups in total. The first-order valence-corrected chi connectivity index (χ1v) is 11.3. The van der Waals surface area contributed by atoms with Crippen LogP contribution in [0.3, 0.4) is 0 Å². The van der Waals surface area contributed by atoms with E-state index >= 15 is 0 Å². The van der Waals surface area contributed by atoms with Crippen LogP contribution in [-0.2, 0) is 4.79 Å². The molecule has 0 aliphatic rings. The molecule has 1 aromatic heterocycles. The Balaban J connectivity index is 1.66. The summed E-state index contributed by atoms with van der Waals surface area (Å²) >= 11 is 7.48.